The molecule has 1 N–H and O–H groups in total. The number of rotatable bonds is 6. The first-order valence-electron chi connectivity index (χ1n) is 10.2. The van der Waals surface area contributed by atoms with Gasteiger partial charge in [-0.3, -0.25) is 25.0 Å². The van der Waals surface area contributed by atoms with Crippen molar-refractivity contribution < 1.29 is 24.0 Å². The first-order valence-corrected chi connectivity index (χ1v) is 11.3. The molecule has 4 rings (SSSR count). The Hall–Kier alpha value is -3.92. The zero-order valence-electron chi connectivity index (χ0n) is 18.0. The van der Waals surface area contributed by atoms with Gasteiger partial charge in [0.1, 0.15) is 17.9 Å². The molecule has 1 aliphatic heterocycles. The average Bonchev–Trinajstić information content (AvgIpc) is 2.82. The van der Waals surface area contributed by atoms with Crippen LogP contribution in [-0.4, -0.2) is 22.8 Å². The maximum absolute atomic E-state index is 13.2. The Morgan fingerprint density at radius 1 is 0.972 bits per heavy atom. The summed E-state index contributed by atoms with van der Waals surface area (Å²) in [5, 5.41) is 14.0. The molecule has 1 heterocycles. The summed E-state index contributed by atoms with van der Waals surface area (Å²) in [5.41, 5.74) is -0.0250. The minimum Gasteiger partial charge on any atom is -0.487 e. The number of imide groups is 2. The molecule has 9 nitrogen and oxygen atoms in total. The van der Waals surface area contributed by atoms with Crippen LogP contribution < -0.4 is 15.0 Å². The van der Waals surface area contributed by atoms with E-state index in [1.165, 1.54) is 36.4 Å². The van der Waals surface area contributed by atoms with E-state index in [9.17, 15) is 24.5 Å². The second-order valence-electron chi connectivity index (χ2n) is 7.42. The number of carbonyl (C=O) groups excluding carboxylic acids is 3. The molecule has 1 saturated heterocycles. The standard InChI is InChI=1S/C24H14Cl3N3O6/c25-15-8-14(21(20(27)10-15)36-12-13-4-1-2-7-19(13)26)9-18-22(31)28-24(33)29(23(18)32)16-5-3-6-17(11-16)30(34)35/h1-11H,12H2,(H,28,31,33)/b18-9+. The lowest BCUT2D eigenvalue weighted by Gasteiger charge is -2.26. The molecule has 0 spiro atoms. The summed E-state index contributed by atoms with van der Waals surface area (Å²) in [5.74, 6) is -1.86. The van der Waals surface area contributed by atoms with E-state index in [2.05, 4.69) is 5.32 Å². The number of amides is 4. The van der Waals surface area contributed by atoms with Crippen molar-refractivity contribution in [3.63, 3.8) is 0 Å². The maximum atomic E-state index is 13.2. The van der Waals surface area contributed by atoms with Crippen LogP contribution >= 0.6 is 34.8 Å². The van der Waals surface area contributed by atoms with Gasteiger partial charge in [-0.15, -0.1) is 0 Å². The number of barbiturate groups is 1. The van der Waals surface area contributed by atoms with Crippen molar-refractivity contribution in [1.82, 2.24) is 5.32 Å². The normalized spacial score (nSPS) is 14.7. The van der Waals surface area contributed by atoms with Gasteiger partial charge in [-0.1, -0.05) is 59.1 Å². The highest BCUT2D eigenvalue weighted by molar-refractivity contribution is 6.40. The second-order valence-corrected chi connectivity index (χ2v) is 8.67. The van der Waals surface area contributed by atoms with Crippen molar-refractivity contribution in [3.8, 4) is 5.75 Å². The first kappa shape index (κ1) is 25.2. The Labute approximate surface area is 219 Å². The molecule has 4 amide bonds. The van der Waals surface area contributed by atoms with Crippen LogP contribution in [0.15, 0.2) is 66.2 Å². The highest BCUT2D eigenvalue weighted by Gasteiger charge is 2.37. The molecule has 0 radical (unpaired) electrons. The number of hydrogen-bond acceptors (Lipinski definition) is 6. The minimum absolute atomic E-state index is 0.0234. The molecule has 0 atom stereocenters. The van der Waals surface area contributed by atoms with Crippen LogP contribution in [0.1, 0.15) is 11.1 Å². The lowest BCUT2D eigenvalue weighted by molar-refractivity contribution is -0.384. The summed E-state index contributed by atoms with van der Waals surface area (Å²) >= 11 is 18.7. The number of hydrogen-bond donors (Lipinski definition) is 1. The van der Waals surface area contributed by atoms with Crippen LogP contribution in [0.25, 0.3) is 6.08 Å². The molecule has 0 aromatic heterocycles. The van der Waals surface area contributed by atoms with Gasteiger partial charge in [0.25, 0.3) is 17.5 Å². The van der Waals surface area contributed by atoms with Crippen LogP contribution in [0.3, 0.4) is 0 Å². The van der Waals surface area contributed by atoms with Crippen LogP contribution in [0.4, 0.5) is 16.2 Å². The molecular formula is C24H14Cl3N3O6. The fraction of sp³-hybridized carbons (Fsp3) is 0.0417. The van der Waals surface area contributed by atoms with Crippen molar-refractivity contribution in [1.29, 1.82) is 0 Å². The van der Waals surface area contributed by atoms with E-state index < -0.39 is 28.3 Å². The monoisotopic (exact) mass is 545 g/mol. The molecule has 36 heavy (non-hydrogen) atoms. The summed E-state index contributed by atoms with van der Waals surface area (Å²) in [6, 6.07) is 13.7. The summed E-state index contributed by atoms with van der Waals surface area (Å²) in [7, 11) is 0. The van der Waals surface area contributed by atoms with Gasteiger partial charge in [0, 0.05) is 33.3 Å². The summed E-state index contributed by atoms with van der Waals surface area (Å²) in [6.45, 7) is 0.0234. The van der Waals surface area contributed by atoms with Gasteiger partial charge in [-0.25, -0.2) is 9.69 Å². The Morgan fingerprint density at radius 3 is 2.44 bits per heavy atom. The summed E-state index contributed by atoms with van der Waals surface area (Å²) in [6.07, 6.45) is 1.17. The largest absolute Gasteiger partial charge is 0.487 e. The van der Waals surface area contributed by atoms with Gasteiger partial charge in [0.15, 0.2) is 0 Å². The Kier molecular flexibility index (Phi) is 7.25. The number of ether oxygens (including phenoxy) is 1. The number of urea groups is 1. The van der Waals surface area contributed by atoms with Crippen molar-refractivity contribution in [2.24, 2.45) is 0 Å². The molecule has 3 aromatic rings. The average molecular weight is 547 g/mol. The maximum Gasteiger partial charge on any atom is 0.335 e. The van der Waals surface area contributed by atoms with Crippen LogP contribution in [0, 0.1) is 10.1 Å². The number of nitro groups is 1. The van der Waals surface area contributed by atoms with Crippen molar-refractivity contribution in [2.75, 3.05) is 4.90 Å². The Balaban J connectivity index is 1.73. The van der Waals surface area contributed by atoms with Gasteiger partial charge >= 0.3 is 6.03 Å². The van der Waals surface area contributed by atoms with Gasteiger partial charge < -0.3 is 4.74 Å². The second kappa shape index (κ2) is 10.4. The minimum atomic E-state index is -1.05. The summed E-state index contributed by atoms with van der Waals surface area (Å²) < 4.78 is 5.86. The van der Waals surface area contributed by atoms with E-state index in [4.69, 9.17) is 39.5 Å². The highest BCUT2D eigenvalue weighted by atomic mass is 35.5. The molecular weight excluding hydrogens is 533 g/mol. The van der Waals surface area contributed by atoms with Crippen LogP contribution in [-0.2, 0) is 16.2 Å². The molecule has 0 aliphatic carbocycles. The van der Waals surface area contributed by atoms with Crippen molar-refractivity contribution in [2.45, 2.75) is 6.61 Å². The van der Waals surface area contributed by atoms with Crippen molar-refractivity contribution >= 4 is 70.1 Å². The molecule has 0 unspecified atom stereocenters. The predicted octanol–water partition coefficient (Wildman–Crippen LogP) is 5.80. The molecule has 12 heteroatoms. The first-order chi connectivity index (χ1) is 17.2. The highest BCUT2D eigenvalue weighted by Crippen LogP contribution is 2.36. The fourth-order valence-corrected chi connectivity index (χ4v) is 4.15. The third-order valence-corrected chi connectivity index (χ3v) is 5.93. The summed E-state index contributed by atoms with van der Waals surface area (Å²) in [4.78, 5) is 49.4. The quantitative estimate of drug-likeness (QED) is 0.181. The van der Waals surface area contributed by atoms with E-state index in [-0.39, 0.29) is 39.3 Å². The topological polar surface area (TPSA) is 119 Å². The third kappa shape index (κ3) is 5.18. The third-order valence-electron chi connectivity index (χ3n) is 5.07. The van der Waals surface area contributed by atoms with E-state index in [0.717, 1.165) is 6.07 Å². The van der Waals surface area contributed by atoms with E-state index in [1.807, 2.05) is 0 Å². The molecule has 3 aromatic carbocycles. The lowest BCUT2D eigenvalue weighted by atomic mass is 10.1. The van der Waals surface area contributed by atoms with E-state index in [1.54, 1.807) is 24.3 Å². The van der Waals surface area contributed by atoms with Gasteiger partial charge in [-0.2, -0.15) is 0 Å². The van der Waals surface area contributed by atoms with E-state index >= 15 is 0 Å². The number of carbonyl (C=O) groups is 3. The number of anilines is 1. The predicted molar refractivity (Wildman–Crippen MR) is 134 cm³/mol. The number of nitrogens with one attached hydrogen (secondary N) is 1. The molecule has 0 saturated carbocycles. The number of benzene rings is 3. The van der Waals surface area contributed by atoms with Gasteiger partial charge in [0.05, 0.1) is 15.6 Å². The molecule has 1 aliphatic rings. The SMILES string of the molecule is O=C1NC(=O)N(c2cccc([N+](=O)[O-])c2)C(=O)/C1=C/c1cc(Cl)cc(Cl)c1OCc1ccccc1Cl. The molecule has 0 bridgehead atoms. The Bertz CT molecular complexity index is 1460. The fourth-order valence-electron chi connectivity index (χ4n) is 3.40. The van der Waals surface area contributed by atoms with Crippen molar-refractivity contribution in [3.05, 3.63) is 103 Å². The van der Waals surface area contributed by atoms with Crippen LogP contribution in [0.2, 0.25) is 15.1 Å². The number of halogens is 3. The zero-order valence-corrected chi connectivity index (χ0v) is 20.3. The van der Waals surface area contributed by atoms with Gasteiger partial charge in [-0.05, 0) is 30.3 Å². The Morgan fingerprint density at radius 2 is 1.72 bits per heavy atom. The lowest BCUT2D eigenvalue weighted by Crippen LogP contribution is -2.54. The number of nitro benzene ring substituents is 1. The molecule has 182 valence electrons. The van der Waals surface area contributed by atoms with Crippen LogP contribution in [0.5, 0.6) is 5.75 Å². The van der Waals surface area contributed by atoms with Gasteiger partial charge in [0.2, 0.25) is 0 Å². The zero-order chi connectivity index (χ0) is 26.0. The number of nitrogens with zero attached hydrogens (tertiary/aromatic N) is 2. The van der Waals surface area contributed by atoms with E-state index in [0.29, 0.717) is 15.5 Å². The number of non-ortho nitro benzene ring substituents is 1. The molecule has 1 fully saturated rings. The smallest absolute Gasteiger partial charge is 0.335 e.